The Bertz CT molecular complexity index is 246. The summed E-state index contributed by atoms with van der Waals surface area (Å²) in [5.74, 6) is 0. The van der Waals surface area contributed by atoms with Crippen LogP contribution in [0.4, 0.5) is 5.69 Å². The molecule has 1 aromatic rings. The van der Waals surface area contributed by atoms with E-state index >= 15 is 0 Å². The van der Waals surface area contributed by atoms with Gasteiger partial charge in [0.15, 0.2) is 0 Å². The van der Waals surface area contributed by atoms with Crippen LogP contribution in [-0.4, -0.2) is 11.3 Å². The third-order valence-corrected chi connectivity index (χ3v) is 2.65. The van der Waals surface area contributed by atoms with Crippen molar-refractivity contribution in [3.63, 3.8) is 0 Å². The Hall–Kier alpha value is -0.340. The summed E-state index contributed by atoms with van der Waals surface area (Å²) in [5.41, 5.74) is 1.07. The highest BCUT2D eigenvalue weighted by Crippen LogP contribution is 2.23. The molecule has 0 atom stereocenters. The Labute approximate surface area is 88.9 Å². The van der Waals surface area contributed by atoms with E-state index in [1.165, 1.54) is 4.90 Å². The van der Waals surface area contributed by atoms with Gasteiger partial charge in [-0.3, -0.25) is 0 Å². The summed E-state index contributed by atoms with van der Waals surface area (Å²) < 4.78 is 0. The second kappa shape index (κ2) is 5.40. The predicted molar refractivity (Wildman–Crippen MR) is 61.8 cm³/mol. The number of hydrogen-bond acceptors (Lipinski definition) is 2. The molecule has 0 amide bonds. The molecule has 1 nitrogen and oxygen atoms in total. The van der Waals surface area contributed by atoms with Gasteiger partial charge in [-0.25, -0.2) is 0 Å². The van der Waals surface area contributed by atoms with Crippen LogP contribution in [0.1, 0.15) is 13.8 Å². The molecule has 0 bridgehead atoms. The maximum Gasteiger partial charge on any atom is 0.0901 e. The van der Waals surface area contributed by atoms with Gasteiger partial charge in [0, 0.05) is 15.8 Å². The van der Waals surface area contributed by atoms with E-state index in [0.717, 1.165) is 5.69 Å². The Morgan fingerprint density at radius 2 is 1.92 bits per heavy atom. The molecule has 1 N–H and O–H groups in total. The fourth-order valence-electron chi connectivity index (χ4n) is 1.00. The van der Waals surface area contributed by atoms with Crippen LogP contribution in [0, 0.1) is 0 Å². The summed E-state index contributed by atoms with van der Waals surface area (Å²) in [4.78, 5) is 1.30. The van der Waals surface area contributed by atoms with Gasteiger partial charge in [-0.15, -0.1) is 23.4 Å². The largest absolute Gasteiger partial charge is 0.372 e. The highest BCUT2D eigenvalue weighted by Gasteiger charge is 1.97. The highest BCUT2D eigenvalue weighted by atomic mass is 35.5. The molecule has 0 unspecified atom stereocenters. The molecule has 13 heavy (non-hydrogen) atoms. The van der Waals surface area contributed by atoms with Crippen molar-refractivity contribution in [2.75, 3.05) is 11.3 Å². The van der Waals surface area contributed by atoms with E-state index in [1.807, 2.05) is 23.9 Å². The first kappa shape index (κ1) is 10.7. The zero-order valence-corrected chi connectivity index (χ0v) is 9.45. The van der Waals surface area contributed by atoms with Gasteiger partial charge in [0.2, 0.25) is 0 Å². The maximum absolute atomic E-state index is 5.54. The van der Waals surface area contributed by atoms with Gasteiger partial charge in [0.25, 0.3) is 0 Å². The molecule has 1 rings (SSSR count). The van der Waals surface area contributed by atoms with E-state index in [4.69, 9.17) is 11.6 Å². The van der Waals surface area contributed by atoms with Gasteiger partial charge in [0.1, 0.15) is 0 Å². The van der Waals surface area contributed by atoms with Crippen LogP contribution < -0.4 is 5.32 Å². The summed E-state index contributed by atoms with van der Waals surface area (Å²) in [5, 5.41) is 3.68. The first-order chi connectivity index (χ1) is 6.22. The lowest BCUT2D eigenvalue weighted by Gasteiger charge is -2.06. The Balaban J connectivity index is 2.59. The molecule has 0 radical (unpaired) electrons. The lowest BCUT2D eigenvalue weighted by atomic mass is 10.3. The van der Waals surface area contributed by atoms with E-state index in [0.29, 0.717) is 11.3 Å². The lowest BCUT2D eigenvalue weighted by molar-refractivity contribution is 1.11. The summed E-state index contributed by atoms with van der Waals surface area (Å²) in [6.45, 7) is 4.38. The standard InChI is InChI=1S/C10H14ClNS/c1-8(2)13-10-5-3-9(4-6-10)12-7-11/h3-6,8,12H,7H2,1-2H3. The number of alkyl halides is 1. The molecule has 3 heteroatoms. The number of thioether (sulfide) groups is 1. The van der Waals surface area contributed by atoms with E-state index in [9.17, 15) is 0 Å². The smallest absolute Gasteiger partial charge is 0.0901 e. The van der Waals surface area contributed by atoms with Gasteiger partial charge in [-0.2, -0.15) is 0 Å². The predicted octanol–water partition coefficient (Wildman–Crippen LogP) is 3.80. The molecule has 0 aromatic heterocycles. The van der Waals surface area contributed by atoms with Gasteiger partial charge < -0.3 is 5.32 Å². The Morgan fingerprint density at radius 3 is 2.38 bits per heavy atom. The summed E-state index contributed by atoms with van der Waals surface area (Å²) in [6, 6.07) is 8.77. The number of rotatable bonds is 4. The summed E-state index contributed by atoms with van der Waals surface area (Å²) in [7, 11) is 0. The first-order valence-electron chi connectivity index (χ1n) is 4.29. The molecule has 0 saturated carbocycles. The van der Waals surface area contributed by atoms with E-state index in [2.05, 4.69) is 31.3 Å². The maximum atomic E-state index is 5.54. The molecule has 1 aromatic carbocycles. The Morgan fingerprint density at radius 1 is 1.31 bits per heavy atom. The molecule has 0 heterocycles. The quantitative estimate of drug-likeness (QED) is 0.466. The number of anilines is 1. The SMILES string of the molecule is CC(C)Sc1ccc(NCCl)cc1. The van der Waals surface area contributed by atoms with Crippen molar-refractivity contribution >= 4 is 29.1 Å². The van der Waals surface area contributed by atoms with Gasteiger partial charge >= 0.3 is 0 Å². The van der Waals surface area contributed by atoms with Crippen molar-refractivity contribution in [1.29, 1.82) is 0 Å². The molecular formula is C10H14ClNS. The molecule has 0 spiro atoms. The van der Waals surface area contributed by atoms with Crippen LogP contribution in [0.2, 0.25) is 0 Å². The van der Waals surface area contributed by atoms with Crippen molar-refractivity contribution in [2.24, 2.45) is 0 Å². The first-order valence-corrected chi connectivity index (χ1v) is 5.70. The molecular weight excluding hydrogens is 202 g/mol. The zero-order valence-electron chi connectivity index (χ0n) is 7.88. The number of halogens is 1. The second-order valence-electron chi connectivity index (χ2n) is 3.00. The zero-order chi connectivity index (χ0) is 9.68. The van der Waals surface area contributed by atoms with Gasteiger partial charge in [-0.05, 0) is 24.3 Å². The topological polar surface area (TPSA) is 12.0 Å². The fraction of sp³-hybridized carbons (Fsp3) is 0.400. The van der Waals surface area contributed by atoms with Crippen molar-refractivity contribution in [3.05, 3.63) is 24.3 Å². The minimum absolute atomic E-state index is 0.455. The van der Waals surface area contributed by atoms with Gasteiger partial charge in [-0.1, -0.05) is 13.8 Å². The molecule has 0 aliphatic rings. The highest BCUT2D eigenvalue weighted by molar-refractivity contribution is 7.99. The van der Waals surface area contributed by atoms with Crippen molar-refractivity contribution < 1.29 is 0 Å². The van der Waals surface area contributed by atoms with Crippen LogP contribution >= 0.6 is 23.4 Å². The van der Waals surface area contributed by atoms with E-state index in [1.54, 1.807) is 0 Å². The minimum atomic E-state index is 0.455. The molecule has 72 valence electrons. The average molecular weight is 216 g/mol. The number of hydrogen-bond donors (Lipinski definition) is 1. The van der Waals surface area contributed by atoms with Crippen LogP contribution in [0.25, 0.3) is 0 Å². The van der Waals surface area contributed by atoms with Crippen LogP contribution in [-0.2, 0) is 0 Å². The summed E-state index contributed by atoms with van der Waals surface area (Å²) >= 11 is 7.41. The van der Waals surface area contributed by atoms with Crippen LogP contribution in [0.15, 0.2) is 29.2 Å². The van der Waals surface area contributed by atoms with Crippen LogP contribution in [0.5, 0.6) is 0 Å². The number of benzene rings is 1. The van der Waals surface area contributed by atoms with E-state index in [-0.39, 0.29) is 0 Å². The molecule has 0 fully saturated rings. The third kappa shape index (κ3) is 3.92. The molecule has 0 saturated heterocycles. The number of nitrogens with one attached hydrogen (secondary N) is 1. The second-order valence-corrected chi connectivity index (χ2v) is 4.92. The third-order valence-electron chi connectivity index (χ3n) is 1.50. The summed E-state index contributed by atoms with van der Waals surface area (Å²) in [6.07, 6.45) is 0. The monoisotopic (exact) mass is 215 g/mol. The van der Waals surface area contributed by atoms with Crippen molar-refractivity contribution in [3.8, 4) is 0 Å². The molecule has 0 aliphatic heterocycles. The lowest BCUT2D eigenvalue weighted by Crippen LogP contribution is -1.93. The van der Waals surface area contributed by atoms with Crippen molar-refractivity contribution in [2.45, 2.75) is 24.0 Å². The van der Waals surface area contributed by atoms with Crippen LogP contribution in [0.3, 0.4) is 0 Å². The fourth-order valence-corrected chi connectivity index (χ4v) is 1.99. The average Bonchev–Trinajstić information content (AvgIpc) is 2.08. The van der Waals surface area contributed by atoms with E-state index < -0.39 is 0 Å². The van der Waals surface area contributed by atoms with Crippen molar-refractivity contribution in [1.82, 2.24) is 0 Å². The minimum Gasteiger partial charge on any atom is -0.372 e. The Kier molecular flexibility index (Phi) is 4.46. The van der Waals surface area contributed by atoms with Gasteiger partial charge in [0.05, 0.1) is 6.00 Å². The normalized spacial score (nSPS) is 10.5. The molecule has 0 aliphatic carbocycles.